The molecule has 8 heteroatoms. The molecule has 0 atom stereocenters. The van der Waals surface area contributed by atoms with Crippen molar-refractivity contribution in [3.63, 3.8) is 0 Å². The van der Waals surface area contributed by atoms with Crippen molar-refractivity contribution in [3.8, 4) is 0 Å². The molecule has 1 saturated heterocycles. The van der Waals surface area contributed by atoms with Gasteiger partial charge in [-0.1, -0.05) is 32.4 Å². The second-order valence-corrected chi connectivity index (χ2v) is 9.00. The maximum Gasteiger partial charge on any atom is 0.313 e. The van der Waals surface area contributed by atoms with Crippen molar-refractivity contribution in [1.82, 2.24) is 4.90 Å². The minimum atomic E-state index is -0.745. The molecule has 8 nitrogen and oxygen atoms in total. The number of primary amides is 1. The summed E-state index contributed by atoms with van der Waals surface area (Å²) in [5, 5.41) is 2.66. The lowest BCUT2D eigenvalue weighted by molar-refractivity contribution is -0.143. The molecule has 1 heterocycles. The van der Waals surface area contributed by atoms with Crippen LogP contribution in [-0.2, 0) is 20.9 Å². The van der Waals surface area contributed by atoms with Crippen molar-refractivity contribution in [2.24, 2.45) is 11.7 Å². The predicted octanol–water partition coefficient (Wildman–Crippen LogP) is 3.32. The van der Waals surface area contributed by atoms with Gasteiger partial charge in [0.2, 0.25) is 11.8 Å². The third-order valence-electron chi connectivity index (χ3n) is 5.66. The Kier molecular flexibility index (Phi) is 8.40. The van der Waals surface area contributed by atoms with Gasteiger partial charge >= 0.3 is 11.8 Å². The standard InChI is InChI=1S/C26H32N4O4/c1-18(2)16-29(17-19-7-6-8-20(15-19)24(27)32)26(34)25(33)28-21-10-12-22(13-11-21)30-14-5-3-4-9-23(30)31/h6-8,10-13,15,18H,3-5,9,14,16-17H2,1-2H3,(H2,27,32)(H,28,33). The Hall–Kier alpha value is -3.68. The Morgan fingerprint density at radius 1 is 1.06 bits per heavy atom. The van der Waals surface area contributed by atoms with Crippen LogP contribution in [0, 0.1) is 5.92 Å². The average molecular weight is 465 g/mol. The SMILES string of the molecule is CC(C)CN(Cc1cccc(C(N)=O)c1)C(=O)C(=O)Nc1ccc(N2CCCCCC2=O)cc1. The van der Waals surface area contributed by atoms with E-state index in [2.05, 4.69) is 5.32 Å². The lowest BCUT2D eigenvalue weighted by atomic mass is 10.1. The van der Waals surface area contributed by atoms with E-state index in [1.807, 2.05) is 13.8 Å². The number of nitrogens with two attached hydrogens (primary N) is 1. The van der Waals surface area contributed by atoms with E-state index in [0.717, 1.165) is 24.9 Å². The van der Waals surface area contributed by atoms with Gasteiger partial charge in [-0.3, -0.25) is 19.2 Å². The molecule has 4 amide bonds. The molecule has 3 N–H and O–H groups in total. The van der Waals surface area contributed by atoms with Crippen molar-refractivity contribution in [2.75, 3.05) is 23.3 Å². The van der Waals surface area contributed by atoms with Crippen molar-refractivity contribution >= 4 is 35.0 Å². The molecular formula is C26H32N4O4. The quantitative estimate of drug-likeness (QED) is 0.612. The van der Waals surface area contributed by atoms with Gasteiger partial charge in [-0.05, 0) is 60.7 Å². The van der Waals surface area contributed by atoms with E-state index in [9.17, 15) is 19.2 Å². The lowest BCUT2D eigenvalue weighted by Gasteiger charge is -2.24. The summed E-state index contributed by atoms with van der Waals surface area (Å²) in [4.78, 5) is 52.7. The lowest BCUT2D eigenvalue weighted by Crippen LogP contribution is -2.41. The molecule has 2 aromatic carbocycles. The van der Waals surface area contributed by atoms with Gasteiger partial charge in [0.25, 0.3) is 0 Å². The Morgan fingerprint density at radius 2 is 1.79 bits per heavy atom. The largest absolute Gasteiger partial charge is 0.366 e. The van der Waals surface area contributed by atoms with Crippen LogP contribution in [0.1, 0.15) is 55.5 Å². The van der Waals surface area contributed by atoms with Crippen molar-refractivity contribution in [3.05, 3.63) is 59.7 Å². The van der Waals surface area contributed by atoms with Gasteiger partial charge in [0.1, 0.15) is 0 Å². The zero-order valence-corrected chi connectivity index (χ0v) is 19.8. The third-order valence-corrected chi connectivity index (χ3v) is 5.66. The highest BCUT2D eigenvalue weighted by molar-refractivity contribution is 6.39. The van der Waals surface area contributed by atoms with Crippen molar-refractivity contribution in [2.45, 2.75) is 46.1 Å². The van der Waals surface area contributed by atoms with Crippen molar-refractivity contribution < 1.29 is 19.2 Å². The minimum absolute atomic E-state index is 0.106. The zero-order valence-electron chi connectivity index (χ0n) is 19.8. The molecule has 0 spiro atoms. The first kappa shape index (κ1) is 25.0. The first-order chi connectivity index (χ1) is 16.2. The molecule has 0 radical (unpaired) electrons. The second kappa shape index (κ2) is 11.4. The Labute approximate surface area is 200 Å². The van der Waals surface area contributed by atoms with E-state index in [-0.39, 0.29) is 18.4 Å². The molecule has 3 rings (SSSR count). The van der Waals surface area contributed by atoms with Crippen LogP contribution in [0.4, 0.5) is 11.4 Å². The number of carbonyl (C=O) groups is 4. The normalized spacial score (nSPS) is 14.0. The summed E-state index contributed by atoms with van der Waals surface area (Å²) in [6, 6.07) is 13.7. The summed E-state index contributed by atoms with van der Waals surface area (Å²) >= 11 is 0. The highest BCUT2D eigenvalue weighted by Gasteiger charge is 2.24. The maximum absolute atomic E-state index is 13.0. The highest BCUT2D eigenvalue weighted by Crippen LogP contribution is 2.22. The van der Waals surface area contributed by atoms with Crippen LogP contribution < -0.4 is 16.0 Å². The molecule has 0 bridgehead atoms. The Morgan fingerprint density at radius 3 is 2.47 bits per heavy atom. The summed E-state index contributed by atoms with van der Waals surface area (Å²) in [6.07, 6.45) is 3.46. The summed E-state index contributed by atoms with van der Waals surface area (Å²) in [5.41, 5.74) is 7.68. The number of rotatable bonds is 7. The van der Waals surface area contributed by atoms with Crippen molar-refractivity contribution in [1.29, 1.82) is 0 Å². The molecule has 0 aliphatic carbocycles. The molecule has 180 valence electrons. The van der Waals surface area contributed by atoms with Crippen LogP contribution in [0.15, 0.2) is 48.5 Å². The van der Waals surface area contributed by atoms with Crippen LogP contribution in [0.3, 0.4) is 0 Å². The van der Waals surface area contributed by atoms with Gasteiger partial charge in [0.15, 0.2) is 0 Å². The molecule has 1 fully saturated rings. The van der Waals surface area contributed by atoms with E-state index in [1.54, 1.807) is 53.4 Å². The number of hydrogen-bond acceptors (Lipinski definition) is 4. The number of nitrogens with one attached hydrogen (secondary N) is 1. The molecule has 1 aliphatic rings. The van der Waals surface area contributed by atoms with E-state index >= 15 is 0 Å². The molecule has 1 aliphatic heterocycles. The second-order valence-electron chi connectivity index (χ2n) is 9.00. The number of anilines is 2. The van der Waals surface area contributed by atoms with Gasteiger partial charge < -0.3 is 20.9 Å². The van der Waals surface area contributed by atoms with E-state index in [1.165, 1.54) is 4.90 Å². The fraction of sp³-hybridized carbons (Fsp3) is 0.385. The summed E-state index contributed by atoms with van der Waals surface area (Å²) < 4.78 is 0. The fourth-order valence-corrected chi connectivity index (χ4v) is 4.01. The monoisotopic (exact) mass is 464 g/mol. The smallest absolute Gasteiger partial charge is 0.313 e. The van der Waals surface area contributed by atoms with Gasteiger partial charge in [-0.25, -0.2) is 0 Å². The highest BCUT2D eigenvalue weighted by atomic mass is 16.2. The molecular weight excluding hydrogens is 432 g/mol. The Bertz CT molecular complexity index is 1050. The summed E-state index contributed by atoms with van der Waals surface area (Å²) in [5.74, 6) is -1.71. The van der Waals surface area contributed by atoms with Crippen LogP contribution in [-0.4, -0.2) is 41.6 Å². The molecule has 2 aromatic rings. The summed E-state index contributed by atoms with van der Waals surface area (Å²) in [7, 11) is 0. The Balaban J connectivity index is 1.68. The topological polar surface area (TPSA) is 113 Å². The number of carbonyl (C=O) groups excluding carboxylic acids is 4. The number of nitrogens with zero attached hydrogens (tertiary/aromatic N) is 2. The minimum Gasteiger partial charge on any atom is -0.366 e. The van der Waals surface area contributed by atoms with E-state index in [0.29, 0.717) is 36.3 Å². The number of benzene rings is 2. The van der Waals surface area contributed by atoms with E-state index < -0.39 is 17.7 Å². The molecule has 34 heavy (non-hydrogen) atoms. The van der Waals surface area contributed by atoms with Gasteiger partial charge in [0.05, 0.1) is 0 Å². The number of hydrogen-bond donors (Lipinski definition) is 2. The van der Waals surface area contributed by atoms with Crippen LogP contribution in [0.2, 0.25) is 0 Å². The van der Waals surface area contributed by atoms with Gasteiger partial charge in [0, 0.05) is 43.0 Å². The fourth-order valence-electron chi connectivity index (χ4n) is 4.01. The van der Waals surface area contributed by atoms with E-state index in [4.69, 9.17) is 5.73 Å². The average Bonchev–Trinajstić information content (AvgIpc) is 3.02. The first-order valence-electron chi connectivity index (χ1n) is 11.6. The molecule has 0 aromatic heterocycles. The van der Waals surface area contributed by atoms with Gasteiger partial charge in [-0.15, -0.1) is 0 Å². The predicted molar refractivity (Wildman–Crippen MR) is 131 cm³/mol. The molecule has 0 saturated carbocycles. The van der Waals surface area contributed by atoms with Crippen LogP contribution in [0.25, 0.3) is 0 Å². The first-order valence-corrected chi connectivity index (χ1v) is 11.6. The van der Waals surface area contributed by atoms with Crippen LogP contribution >= 0.6 is 0 Å². The summed E-state index contributed by atoms with van der Waals surface area (Å²) in [6.45, 7) is 5.16. The maximum atomic E-state index is 13.0. The number of amides is 4. The molecule has 0 unspecified atom stereocenters. The van der Waals surface area contributed by atoms with Crippen LogP contribution in [0.5, 0.6) is 0 Å². The zero-order chi connectivity index (χ0) is 24.7. The third kappa shape index (κ3) is 6.66. The van der Waals surface area contributed by atoms with Gasteiger partial charge in [-0.2, -0.15) is 0 Å².